The van der Waals surface area contributed by atoms with E-state index in [4.69, 9.17) is 14.5 Å². The highest BCUT2D eigenvalue weighted by Crippen LogP contribution is 2.42. The molecule has 0 spiro atoms. The molecule has 2 aromatic carbocycles. The fourth-order valence-electron chi connectivity index (χ4n) is 6.39. The van der Waals surface area contributed by atoms with Gasteiger partial charge in [0.1, 0.15) is 11.4 Å². The van der Waals surface area contributed by atoms with E-state index in [2.05, 4.69) is 31.0 Å². The quantitative estimate of drug-likeness (QED) is 0.246. The Kier molecular flexibility index (Phi) is 6.43. The SMILES string of the molecule is CC1(C)NC(=O)c2ccc(Nc3ncc(-c4nc(C56CCN(CC5)CC6)no4)c(N[C@H](CO)c4ccccc4)n3)cc21. The van der Waals surface area contributed by atoms with Gasteiger partial charge in [-0.15, -0.1) is 0 Å². The molecule has 11 nitrogen and oxygen atoms in total. The van der Waals surface area contributed by atoms with Crippen LogP contribution < -0.4 is 16.0 Å². The minimum atomic E-state index is -0.477. The minimum Gasteiger partial charge on any atom is -0.394 e. The Morgan fingerprint density at radius 2 is 1.81 bits per heavy atom. The molecule has 4 aliphatic heterocycles. The molecule has 0 aliphatic carbocycles. The van der Waals surface area contributed by atoms with Crippen LogP contribution in [0, 0.1) is 0 Å². The number of aliphatic hydroxyl groups excluding tert-OH is 1. The Labute approximate surface area is 243 Å². The van der Waals surface area contributed by atoms with Gasteiger partial charge in [-0.05, 0) is 82.1 Å². The van der Waals surface area contributed by atoms with E-state index in [0.29, 0.717) is 28.8 Å². The molecule has 0 radical (unpaired) electrons. The first-order chi connectivity index (χ1) is 20.3. The second-order valence-corrected chi connectivity index (χ2v) is 12.0. The zero-order valence-corrected chi connectivity index (χ0v) is 23.7. The highest BCUT2D eigenvalue weighted by atomic mass is 16.5. The van der Waals surface area contributed by atoms with Gasteiger partial charge in [0.15, 0.2) is 5.82 Å². The molecule has 0 unspecified atom stereocenters. The topological polar surface area (TPSA) is 141 Å². The highest BCUT2D eigenvalue weighted by Gasteiger charge is 2.44. The average molecular weight is 567 g/mol. The highest BCUT2D eigenvalue weighted by molar-refractivity contribution is 6.00. The Hall–Kier alpha value is -4.35. The van der Waals surface area contributed by atoms with Crippen LogP contribution in [0.3, 0.4) is 0 Å². The number of fused-ring (bicyclic) bond motifs is 4. The van der Waals surface area contributed by atoms with Gasteiger partial charge < -0.3 is 30.5 Å². The summed E-state index contributed by atoms with van der Waals surface area (Å²) in [4.78, 5) is 29.1. The molecular formula is C31H34N8O3. The van der Waals surface area contributed by atoms with Crippen LogP contribution in [0.2, 0.25) is 0 Å². The number of benzene rings is 2. The molecule has 11 heteroatoms. The number of carbonyl (C=O) groups excluding carboxylic acids is 1. The maximum absolute atomic E-state index is 12.4. The molecule has 1 amide bonds. The van der Waals surface area contributed by atoms with Crippen LogP contribution >= 0.6 is 0 Å². The summed E-state index contributed by atoms with van der Waals surface area (Å²) in [6, 6.07) is 14.9. The molecular weight excluding hydrogens is 532 g/mol. The van der Waals surface area contributed by atoms with Crippen molar-refractivity contribution >= 4 is 23.4 Å². The molecule has 42 heavy (non-hydrogen) atoms. The Morgan fingerprint density at radius 3 is 2.55 bits per heavy atom. The fourth-order valence-corrected chi connectivity index (χ4v) is 6.39. The van der Waals surface area contributed by atoms with Gasteiger partial charge in [-0.3, -0.25) is 4.79 Å². The monoisotopic (exact) mass is 566 g/mol. The van der Waals surface area contributed by atoms with Crippen molar-refractivity contribution in [3.05, 3.63) is 77.2 Å². The molecule has 6 heterocycles. The molecule has 1 atom stereocenters. The van der Waals surface area contributed by atoms with Crippen molar-refractivity contribution in [3.63, 3.8) is 0 Å². The van der Waals surface area contributed by atoms with E-state index in [1.165, 1.54) is 0 Å². The number of hydrogen-bond acceptors (Lipinski definition) is 10. The summed E-state index contributed by atoms with van der Waals surface area (Å²) in [5.41, 5.74) is 3.26. The first-order valence-corrected chi connectivity index (χ1v) is 14.4. The van der Waals surface area contributed by atoms with Crippen molar-refractivity contribution in [3.8, 4) is 11.5 Å². The van der Waals surface area contributed by atoms with Gasteiger partial charge in [0, 0.05) is 22.9 Å². The normalized spacial score (nSPS) is 22.8. The van der Waals surface area contributed by atoms with Crippen LogP contribution in [0.15, 0.2) is 59.3 Å². The van der Waals surface area contributed by atoms with Gasteiger partial charge in [0.05, 0.1) is 18.2 Å². The zero-order chi connectivity index (χ0) is 28.9. The summed E-state index contributed by atoms with van der Waals surface area (Å²) >= 11 is 0. The lowest BCUT2D eigenvalue weighted by atomic mass is 9.71. The summed E-state index contributed by atoms with van der Waals surface area (Å²) in [7, 11) is 0. The Bertz CT molecular complexity index is 1610. The molecule has 3 saturated heterocycles. The number of anilines is 3. The van der Waals surface area contributed by atoms with Crippen molar-refractivity contribution in [2.45, 2.75) is 50.1 Å². The van der Waals surface area contributed by atoms with Gasteiger partial charge in [0.2, 0.25) is 5.95 Å². The summed E-state index contributed by atoms with van der Waals surface area (Å²) in [5, 5.41) is 24.4. The number of nitrogens with zero attached hydrogens (tertiary/aromatic N) is 5. The molecule has 2 aromatic heterocycles. The number of hydrogen-bond donors (Lipinski definition) is 4. The number of rotatable bonds is 8. The third-order valence-electron chi connectivity index (χ3n) is 8.95. The second kappa shape index (κ2) is 10.2. The van der Waals surface area contributed by atoms with Crippen molar-refractivity contribution in [1.29, 1.82) is 0 Å². The largest absolute Gasteiger partial charge is 0.394 e. The lowest BCUT2D eigenvalue weighted by Gasteiger charge is -2.46. The molecule has 3 fully saturated rings. The maximum Gasteiger partial charge on any atom is 0.263 e. The molecule has 4 aliphatic rings. The minimum absolute atomic E-state index is 0.0539. The number of aliphatic hydroxyl groups is 1. The van der Waals surface area contributed by atoms with E-state index in [0.717, 1.165) is 61.5 Å². The molecule has 216 valence electrons. The van der Waals surface area contributed by atoms with Crippen LogP contribution in [0.4, 0.5) is 17.5 Å². The third-order valence-corrected chi connectivity index (χ3v) is 8.95. The molecule has 8 rings (SSSR count). The number of carbonyl (C=O) groups is 1. The second-order valence-electron chi connectivity index (χ2n) is 12.0. The smallest absolute Gasteiger partial charge is 0.263 e. The van der Waals surface area contributed by atoms with Gasteiger partial charge in [-0.1, -0.05) is 35.5 Å². The van der Waals surface area contributed by atoms with E-state index in [1.807, 2.05) is 62.4 Å². The summed E-state index contributed by atoms with van der Waals surface area (Å²) in [6.07, 6.45) is 4.74. The predicted molar refractivity (Wildman–Crippen MR) is 157 cm³/mol. The lowest BCUT2D eigenvalue weighted by molar-refractivity contribution is 0.0747. The van der Waals surface area contributed by atoms with Crippen molar-refractivity contribution < 1.29 is 14.4 Å². The summed E-state index contributed by atoms with van der Waals surface area (Å²) < 4.78 is 5.83. The maximum atomic E-state index is 12.4. The third kappa shape index (κ3) is 4.68. The van der Waals surface area contributed by atoms with E-state index < -0.39 is 11.6 Å². The van der Waals surface area contributed by atoms with Gasteiger partial charge in [-0.25, -0.2) is 4.98 Å². The van der Waals surface area contributed by atoms with Gasteiger partial charge in [0.25, 0.3) is 11.8 Å². The lowest BCUT2D eigenvalue weighted by Crippen LogP contribution is -2.51. The van der Waals surface area contributed by atoms with E-state index in [9.17, 15) is 9.90 Å². The Balaban J connectivity index is 1.23. The predicted octanol–water partition coefficient (Wildman–Crippen LogP) is 4.13. The summed E-state index contributed by atoms with van der Waals surface area (Å²) in [6.45, 7) is 6.97. The van der Waals surface area contributed by atoms with Gasteiger partial charge >= 0.3 is 0 Å². The molecule has 4 aromatic rings. The number of piperidine rings is 3. The van der Waals surface area contributed by atoms with Crippen molar-refractivity contribution in [1.82, 2.24) is 30.3 Å². The number of nitrogens with one attached hydrogen (secondary N) is 3. The van der Waals surface area contributed by atoms with Crippen molar-refractivity contribution in [2.24, 2.45) is 0 Å². The molecule has 0 saturated carbocycles. The van der Waals surface area contributed by atoms with Crippen LogP contribution in [-0.4, -0.2) is 62.3 Å². The Morgan fingerprint density at radius 1 is 1.05 bits per heavy atom. The zero-order valence-electron chi connectivity index (χ0n) is 23.7. The molecule has 2 bridgehead atoms. The molecule has 4 N–H and O–H groups in total. The summed E-state index contributed by atoms with van der Waals surface area (Å²) in [5.74, 6) is 1.81. The van der Waals surface area contributed by atoms with Crippen LogP contribution in [0.1, 0.15) is 66.5 Å². The first kappa shape index (κ1) is 26.5. The number of aromatic nitrogens is 4. The number of amides is 1. The standard InChI is InChI=1S/C31H34N8O3/c1-30(2)23-16-20(8-9-21(23)26(41)37-30)33-29-32-17-22(25(35-29)34-24(18-40)19-6-4-3-5-7-19)27-36-28(38-42-27)31-10-13-39(14-11-31)15-12-31/h3-9,16-17,24,40H,10-15,18H2,1-2H3,(H,37,41)(H2,32,33,34,35)/t24-/m1/s1. The van der Waals surface area contributed by atoms with Crippen molar-refractivity contribution in [2.75, 3.05) is 36.9 Å². The van der Waals surface area contributed by atoms with Crippen LogP contribution in [0.5, 0.6) is 0 Å². The van der Waals surface area contributed by atoms with E-state index in [-0.39, 0.29) is 17.9 Å². The first-order valence-electron chi connectivity index (χ1n) is 14.4. The fraction of sp³-hybridized carbons (Fsp3) is 0.387. The van der Waals surface area contributed by atoms with E-state index >= 15 is 0 Å². The van der Waals surface area contributed by atoms with Crippen LogP contribution in [0.25, 0.3) is 11.5 Å². The van der Waals surface area contributed by atoms with Gasteiger partial charge in [-0.2, -0.15) is 9.97 Å². The average Bonchev–Trinajstić information content (AvgIpc) is 3.60. The van der Waals surface area contributed by atoms with Crippen LogP contribution in [-0.2, 0) is 11.0 Å². The van der Waals surface area contributed by atoms with E-state index in [1.54, 1.807) is 6.20 Å².